The fraction of sp³-hybridized carbons (Fsp3) is 0.286. The first-order valence-electron chi connectivity index (χ1n) is 18.9. The number of nitrogens with zero attached hydrogens (tertiary/aromatic N) is 4. The van der Waals surface area contributed by atoms with Crippen molar-refractivity contribution in [2.75, 3.05) is 27.8 Å². The highest BCUT2D eigenvalue weighted by Gasteiger charge is 2.40. The van der Waals surface area contributed by atoms with Gasteiger partial charge in [0.25, 0.3) is 0 Å². The lowest BCUT2D eigenvalue weighted by Gasteiger charge is -2.18. The van der Waals surface area contributed by atoms with Crippen LogP contribution >= 0.6 is 45.3 Å². The Morgan fingerprint density at radius 3 is 1.49 bits per heavy atom. The van der Waals surface area contributed by atoms with E-state index in [2.05, 4.69) is 52.0 Å². The molecule has 10 nitrogen and oxygen atoms in total. The Morgan fingerprint density at radius 2 is 1.01 bits per heavy atom. The van der Waals surface area contributed by atoms with Gasteiger partial charge in [0, 0.05) is 30.7 Å². The first kappa shape index (κ1) is 53.3. The van der Waals surface area contributed by atoms with E-state index in [1.165, 1.54) is 23.9 Å². The Kier molecular flexibility index (Phi) is 17.4. The number of allylic oxidation sites excluding steroid dienone is 4. The van der Waals surface area contributed by atoms with E-state index < -0.39 is 61.7 Å². The smallest absolute Gasteiger partial charge is 0.449 e. The van der Waals surface area contributed by atoms with E-state index in [0.717, 1.165) is 27.6 Å². The maximum Gasteiger partial charge on any atom is 0.449 e. The molecule has 0 radical (unpaired) electrons. The lowest BCUT2D eigenvalue weighted by Crippen LogP contribution is -2.29. The molecule has 4 aromatic heterocycles. The highest BCUT2D eigenvalue weighted by atomic mass is 32.1. The van der Waals surface area contributed by atoms with E-state index in [1.54, 1.807) is 36.6 Å². The standard InChI is InChI=1S/C31H21F12N3O5S3.C9H9NOS.C2H4/c1-14(28(32,33)34)48-12-50-23(30(38,39)40)10-26-45-17-8-21-18(9-20(17)53-26)46-27(54-21)11-24(31(41,42)43)51-13-49-22(29(35,36)37)5-6-25-44-16-7-15(47-2)3-4-19(16)52-25;1-6-10-8-5-7(11-2)3-4-9(8)12-6;1-2/h3-5,7-11,14H,6,12-13H2,1-2H3;3-5H,1-2H3;1-2H2/b22-5?,23-10-,24-11-;;. The van der Waals surface area contributed by atoms with Gasteiger partial charge < -0.3 is 28.4 Å². The van der Waals surface area contributed by atoms with Gasteiger partial charge in [0.15, 0.2) is 12.9 Å². The van der Waals surface area contributed by atoms with Gasteiger partial charge in [-0.15, -0.1) is 58.5 Å². The predicted octanol–water partition coefficient (Wildman–Crippen LogP) is 14.4. The molecule has 4 heterocycles. The largest absolute Gasteiger partial charge is 0.497 e. The molecule has 1 atom stereocenters. The zero-order chi connectivity index (χ0) is 50.2. The number of hydrogen-bond acceptors (Lipinski definition) is 14. The SMILES string of the molecule is C=C.COc1ccc2sc(C)nc2c1.COc1ccc2sc(CC=C(OCO/C(=C\c3nc4cc5sc(/C=C(\OCOC(C)C(F)(F)F)C(F)(F)F)nc5cc4s3)C(F)(F)F)C(F)(F)F)nc2c1. The van der Waals surface area contributed by atoms with Gasteiger partial charge in [-0.3, -0.25) is 0 Å². The van der Waals surface area contributed by atoms with Crippen LogP contribution in [0.3, 0.4) is 0 Å². The summed E-state index contributed by atoms with van der Waals surface area (Å²) in [5.74, 6) is -3.69. The Morgan fingerprint density at radius 1 is 0.574 bits per heavy atom. The lowest BCUT2D eigenvalue weighted by atomic mass is 10.3. The number of benzene rings is 3. The molecule has 0 aliphatic carbocycles. The number of hydrogen-bond donors (Lipinski definition) is 0. The van der Waals surface area contributed by atoms with Crippen molar-refractivity contribution >= 4 is 98.4 Å². The molecular weight excluding hydrogens is 1010 g/mol. The number of fused-ring (bicyclic) bond motifs is 4. The van der Waals surface area contributed by atoms with E-state index in [9.17, 15) is 52.7 Å². The summed E-state index contributed by atoms with van der Waals surface area (Å²) in [6.45, 7) is 5.74. The molecule has 0 bridgehead atoms. The molecule has 0 amide bonds. The average Bonchev–Trinajstić information content (AvgIpc) is 4.05. The first-order valence-corrected chi connectivity index (χ1v) is 22.1. The highest BCUT2D eigenvalue weighted by molar-refractivity contribution is 7.21. The molecule has 0 spiro atoms. The minimum atomic E-state index is -5.19. The van der Waals surface area contributed by atoms with Crippen LogP contribution in [0.2, 0.25) is 0 Å². The zero-order valence-electron chi connectivity index (χ0n) is 35.4. The first-order chi connectivity index (χ1) is 31.9. The van der Waals surface area contributed by atoms with Gasteiger partial charge in [0.2, 0.25) is 24.1 Å². The highest BCUT2D eigenvalue weighted by Crippen LogP contribution is 2.37. The van der Waals surface area contributed by atoms with Gasteiger partial charge in [0.05, 0.1) is 65.1 Å². The van der Waals surface area contributed by atoms with Crippen molar-refractivity contribution in [2.24, 2.45) is 0 Å². The fourth-order valence-corrected chi connectivity index (χ4v) is 8.90. The molecule has 3 aromatic carbocycles. The zero-order valence-corrected chi connectivity index (χ0v) is 38.6. The van der Waals surface area contributed by atoms with Crippen LogP contribution in [0.5, 0.6) is 11.5 Å². The van der Waals surface area contributed by atoms with Crippen molar-refractivity contribution in [3.05, 3.63) is 105 Å². The summed E-state index contributed by atoms with van der Waals surface area (Å²) >= 11 is 4.16. The van der Waals surface area contributed by atoms with Crippen LogP contribution in [0, 0.1) is 6.92 Å². The number of aromatic nitrogens is 4. The van der Waals surface area contributed by atoms with Gasteiger partial charge in [0.1, 0.15) is 21.5 Å². The molecule has 0 saturated heterocycles. The number of halogens is 12. The van der Waals surface area contributed by atoms with Gasteiger partial charge in [-0.1, -0.05) is 0 Å². The van der Waals surface area contributed by atoms with Crippen LogP contribution in [-0.4, -0.2) is 78.6 Å². The predicted molar refractivity (Wildman–Crippen MR) is 237 cm³/mol. The van der Waals surface area contributed by atoms with E-state index >= 15 is 0 Å². The monoisotopic (exact) mass is 1050 g/mol. The Balaban J connectivity index is 0.000000527. The Hall–Kier alpha value is -5.70. The van der Waals surface area contributed by atoms with E-state index in [1.807, 2.05) is 25.1 Å². The van der Waals surface area contributed by atoms with Gasteiger partial charge >= 0.3 is 24.7 Å². The van der Waals surface area contributed by atoms with E-state index in [4.69, 9.17) is 9.47 Å². The van der Waals surface area contributed by atoms with Crippen molar-refractivity contribution < 1.29 is 81.1 Å². The molecule has 0 aliphatic heterocycles. The van der Waals surface area contributed by atoms with Crippen LogP contribution in [0.4, 0.5) is 52.7 Å². The molecule has 0 fully saturated rings. The van der Waals surface area contributed by atoms with Crippen molar-refractivity contribution in [2.45, 2.75) is 51.1 Å². The normalized spacial score (nSPS) is 13.6. The molecule has 7 aromatic rings. The summed E-state index contributed by atoms with van der Waals surface area (Å²) in [5.41, 5.74) is 1.69. The Labute approximate surface area is 393 Å². The molecule has 0 N–H and O–H groups in total. The minimum absolute atomic E-state index is 0.0909. The molecule has 0 saturated carbocycles. The molecule has 366 valence electrons. The second kappa shape index (κ2) is 22.2. The van der Waals surface area contributed by atoms with Gasteiger partial charge in [-0.05, 0) is 56.3 Å². The van der Waals surface area contributed by atoms with Crippen LogP contribution in [0.25, 0.3) is 53.0 Å². The third kappa shape index (κ3) is 14.4. The molecule has 68 heavy (non-hydrogen) atoms. The van der Waals surface area contributed by atoms with Gasteiger partial charge in [-0.25, -0.2) is 19.9 Å². The molecule has 26 heteroatoms. The second-order valence-electron chi connectivity index (χ2n) is 13.2. The summed E-state index contributed by atoms with van der Waals surface area (Å²) < 4.78 is 191. The van der Waals surface area contributed by atoms with Crippen molar-refractivity contribution in [3.63, 3.8) is 0 Å². The summed E-state index contributed by atoms with van der Waals surface area (Å²) in [6, 6.07) is 13.5. The van der Waals surface area contributed by atoms with Crippen molar-refractivity contribution in [1.82, 2.24) is 19.9 Å². The van der Waals surface area contributed by atoms with Crippen LogP contribution in [-0.2, 0) is 25.4 Å². The Bertz CT molecular complexity index is 2860. The van der Waals surface area contributed by atoms with Crippen molar-refractivity contribution in [3.8, 4) is 11.5 Å². The van der Waals surface area contributed by atoms with E-state index in [0.29, 0.717) is 63.8 Å². The van der Waals surface area contributed by atoms with Crippen molar-refractivity contribution in [1.29, 1.82) is 0 Å². The summed E-state index contributed by atoms with van der Waals surface area (Å²) in [4.78, 5) is 16.7. The number of alkyl halides is 12. The third-order valence-electron chi connectivity index (χ3n) is 8.50. The maximum atomic E-state index is 13.8. The number of methoxy groups -OCH3 is 2. The summed E-state index contributed by atoms with van der Waals surface area (Å²) in [7, 11) is 3.10. The minimum Gasteiger partial charge on any atom is -0.497 e. The number of aryl methyl sites for hydroxylation is 1. The van der Waals surface area contributed by atoms with Gasteiger partial charge in [-0.2, -0.15) is 52.7 Å². The molecule has 0 aliphatic rings. The molecule has 7 rings (SSSR count). The van der Waals surface area contributed by atoms with Crippen LogP contribution in [0.1, 0.15) is 27.0 Å². The molecule has 1 unspecified atom stereocenters. The second-order valence-corrected chi connectivity index (χ2v) is 17.7. The van der Waals surface area contributed by atoms with Crippen LogP contribution < -0.4 is 9.47 Å². The lowest BCUT2D eigenvalue weighted by molar-refractivity contribution is -0.239. The average molecular weight is 1050 g/mol. The fourth-order valence-electron chi connectivity index (χ4n) is 5.35. The van der Waals surface area contributed by atoms with Crippen LogP contribution in [0.15, 0.2) is 85.0 Å². The maximum absolute atomic E-state index is 13.8. The molecular formula is C42H34F12N4O6S4. The topological polar surface area (TPSA) is 107 Å². The number of rotatable bonds is 14. The summed E-state index contributed by atoms with van der Waals surface area (Å²) in [6.07, 6.45) is -21.5. The third-order valence-corrected chi connectivity index (χ3v) is 12.4. The quantitative estimate of drug-likeness (QED) is 0.0452. The number of thiazole rings is 4. The summed E-state index contributed by atoms with van der Waals surface area (Å²) in [5, 5.41) is 0.787. The van der Waals surface area contributed by atoms with E-state index in [-0.39, 0.29) is 41.9 Å². The number of ether oxygens (including phenoxy) is 6.